The highest BCUT2D eigenvalue weighted by Gasteiger charge is 2.81. The molecule has 1 aromatic carbocycles. The first-order chi connectivity index (χ1) is 14.5. The molecular formula is C23H22Cl2N4O2. The number of nitrogens with zero attached hydrogens (tertiary/aromatic N) is 3. The van der Waals surface area contributed by atoms with Crippen LogP contribution in [0.1, 0.15) is 51.7 Å². The van der Waals surface area contributed by atoms with Gasteiger partial charge in [0.1, 0.15) is 6.10 Å². The lowest BCUT2D eigenvalue weighted by molar-refractivity contribution is -0.301. The zero-order valence-corrected chi connectivity index (χ0v) is 19.0. The molecule has 0 aromatic heterocycles. The van der Waals surface area contributed by atoms with E-state index in [1.807, 2.05) is 0 Å². The van der Waals surface area contributed by atoms with Gasteiger partial charge in [-0.2, -0.15) is 15.8 Å². The number of nitrogens with one attached hydrogen (secondary N) is 1. The van der Waals surface area contributed by atoms with E-state index in [2.05, 4.69) is 39.0 Å². The minimum atomic E-state index is -2.06. The fraction of sp³-hybridized carbons (Fsp3) is 0.565. The number of hydrogen-bond donors (Lipinski definition) is 1. The molecule has 1 aromatic rings. The maximum Gasteiger partial charge on any atom is 0.217 e. The predicted octanol–water partition coefficient (Wildman–Crippen LogP) is 5.77. The summed E-state index contributed by atoms with van der Waals surface area (Å²) in [4.78, 5) is 0. The zero-order valence-electron chi connectivity index (χ0n) is 17.5. The van der Waals surface area contributed by atoms with Crippen LogP contribution in [0, 0.1) is 67.5 Å². The largest absolute Gasteiger partial charge is 0.447 e. The Bertz CT molecular complexity index is 1060. The summed E-state index contributed by atoms with van der Waals surface area (Å²) in [7, 11) is 0. The molecule has 5 atom stereocenters. The highest BCUT2D eigenvalue weighted by molar-refractivity contribution is 6.36. The number of benzene rings is 1. The van der Waals surface area contributed by atoms with Crippen molar-refractivity contribution in [2.75, 3.05) is 0 Å². The Morgan fingerprint density at radius 1 is 1.10 bits per heavy atom. The first-order valence-electron chi connectivity index (χ1n) is 10.2. The second kappa shape index (κ2) is 6.85. The molecule has 0 amide bonds. The summed E-state index contributed by atoms with van der Waals surface area (Å²) in [6, 6.07) is 11.2. The molecule has 1 saturated carbocycles. The van der Waals surface area contributed by atoms with Gasteiger partial charge in [0.15, 0.2) is 5.41 Å². The van der Waals surface area contributed by atoms with Gasteiger partial charge in [0.25, 0.3) is 0 Å². The highest BCUT2D eigenvalue weighted by atomic mass is 35.5. The molecule has 2 saturated heterocycles. The van der Waals surface area contributed by atoms with Crippen LogP contribution in [-0.2, 0) is 9.47 Å². The minimum absolute atomic E-state index is 0.0509. The smallest absolute Gasteiger partial charge is 0.217 e. The fourth-order valence-corrected chi connectivity index (χ4v) is 6.24. The Kier molecular flexibility index (Phi) is 4.84. The van der Waals surface area contributed by atoms with Gasteiger partial charge in [0.2, 0.25) is 17.1 Å². The summed E-state index contributed by atoms with van der Waals surface area (Å²) in [5.41, 5.74) is -3.64. The molecule has 160 valence electrons. The van der Waals surface area contributed by atoms with E-state index in [9.17, 15) is 15.8 Å². The van der Waals surface area contributed by atoms with Crippen molar-refractivity contribution in [1.29, 1.82) is 21.2 Å². The predicted molar refractivity (Wildman–Crippen MR) is 114 cm³/mol. The summed E-state index contributed by atoms with van der Waals surface area (Å²) < 4.78 is 12.4. The molecule has 1 aliphatic carbocycles. The fourth-order valence-electron chi connectivity index (χ4n) is 5.64. The second-order valence-electron chi connectivity index (χ2n) is 9.72. The molecule has 8 heteroatoms. The normalized spacial score (nSPS) is 35.8. The van der Waals surface area contributed by atoms with Crippen molar-refractivity contribution in [3.63, 3.8) is 0 Å². The van der Waals surface area contributed by atoms with Crippen LogP contribution in [0.4, 0.5) is 0 Å². The van der Waals surface area contributed by atoms with Gasteiger partial charge in [0, 0.05) is 22.0 Å². The molecular weight excluding hydrogens is 435 g/mol. The average Bonchev–Trinajstić information content (AvgIpc) is 2.91. The van der Waals surface area contributed by atoms with Crippen molar-refractivity contribution in [2.45, 2.75) is 51.9 Å². The van der Waals surface area contributed by atoms with Gasteiger partial charge >= 0.3 is 0 Å². The van der Waals surface area contributed by atoms with E-state index in [4.69, 9.17) is 38.1 Å². The highest BCUT2D eigenvalue weighted by Crippen LogP contribution is 2.71. The van der Waals surface area contributed by atoms with E-state index in [1.165, 1.54) is 0 Å². The Balaban J connectivity index is 1.99. The zero-order chi connectivity index (χ0) is 22.8. The Morgan fingerprint density at radius 2 is 1.71 bits per heavy atom. The standard InChI is InChI=1S/C23H22Cl2N4O2/c1-20(2,3)13-7-8-23-16(9-13)22(12-28,19(29)31-23)21(10-26,11-27)18(30-23)17-14(24)5-4-6-15(17)25/h4-6,13,16,18,29H,7-9H2,1-3H3. The molecule has 1 N–H and O–H groups in total. The molecule has 0 spiro atoms. The second-order valence-corrected chi connectivity index (χ2v) is 10.5. The first kappa shape index (κ1) is 21.9. The van der Waals surface area contributed by atoms with Crippen LogP contribution in [0.2, 0.25) is 10.0 Å². The summed E-state index contributed by atoms with van der Waals surface area (Å²) >= 11 is 12.9. The molecule has 2 bridgehead atoms. The van der Waals surface area contributed by atoms with Crippen LogP contribution in [0.25, 0.3) is 0 Å². The molecule has 4 rings (SSSR count). The van der Waals surface area contributed by atoms with Gasteiger partial charge in [-0.3, -0.25) is 5.41 Å². The maximum atomic E-state index is 10.5. The Morgan fingerprint density at radius 3 is 2.23 bits per heavy atom. The minimum Gasteiger partial charge on any atom is -0.447 e. The maximum absolute atomic E-state index is 10.5. The molecule has 3 fully saturated rings. The average molecular weight is 457 g/mol. The van der Waals surface area contributed by atoms with E-state index < -0.39 is 28.6 Å². The van der Waals surface area contributed by atoms with Crippen LogP contribution in [-0.4, -0.2) is 11.7 Å². The van der Waals surface area contributed by atoms with Crippen LogP contribution >= 0.6 is 23.2 Å². The van der Waals surface area contributed by atoms with Crippen LogP contribution in [0.15, 0.2) is 18.2 Å². The van der Waals surface area contributed by atoms with E-state index >= 15 is 0 Å². The monoisotopic (exact) mass is 456 g/mol. The summed E-state index contributed by atoms with van der Waals surface area (Å²) in [6.07, 6.45) is 0.475. The van der Waals surface area contributed by atoms with Crippen molar-refractivity contribution in [2.24, 2.45) is 28.1 Å². The summed E-state index contributed by atoms with van der Waals surface area (Å²) in [5, 5.41) is 40.3. The van der Waals surface area contributed by atoms with E-state index in [1.54, 1.807) is 18.2 Å². The van der Waals surface area contributed by atoms with Crippen molar-refractivity contribution in [3.8, 4) is 18.2 Å². The summed E-state index contributed by atoms with van der Waals surface area (Å²) in [6.45, 7) is 6.38. The van der Waals surface area contributed by atoms with Gasteiger partial charge in [-0.25, -0.2) is 0 Å². The van der Waals surface area contributed by atoms with Crippen molar-refractivity contribution in [3.05, 3.63) is 33.8 Å². The third-order valence-corrected chi connectivity index (χ3v) is 8.06. The molecule has 5 unspecified atom stereocenters. The van der Waals surface area contributed by atoms with Crippen molar-refractivity contribution < 1.29 is 9.47 Å². The third-order valence-electron chi connectivity index (χ3n) is 7.40. The van der Waals surface area contributed by atoms with Crippen LogP contribution < -0.4 is 0 Å². The number of rotatable bonds is 1. The van der Waals surface area contributed by atoms with Gasteiger partial charge in [0.05, 0.1) is 24.1 Å². The van der Waals surface area contributed by atoms with E-state index in [-0.39, 0.29) is 32.8 Å². The van der Waals surface area contributed by atoms with Gasteiger partial charge in [-0.15, -0.1) is 0 Å². The SMILES string of the molecule is CC(C)(C)C1CCC23OC(=N)C(C#N)(C2C1)C(C#N)(C#N)C(c1c(Cl)cccc1Cl)O3. The van der Waals surface area contributed by atoms with Gasteiger partial charge < -0.3 is 9.47 Å². The number of nitriles is 3. The molecule has 3 aliphatic rings. The lowest BCUT2D eigenvalue weighted by atomic mass is 9.49. The quantitative estimate of drug-likeness (QED) is 0.575. The molecule has 0 radical (unpaired) electrons. The van der Waals surface area contributed by atoms with Gasteiger partial charge in [-0.05, 0) is 36.3 Å². The topological polar surface area (TPSA) is 114 Å². The lowest BCUT2D eigenvalue weighted by Gasteiger charge is -2.54. The van der Waals surface area contributed by atoms with Crippen molar-refractivity contribution >= 4 is 29.1 Å². The van der Waals surface area contributed by atoms with Gasteiger partial charge in [-0.1, -0.05) is 50.0 Å². The first-order valence-corrected chi connectivity index (χ1v) is 10.9. The van der Waals surface area contributed by atoms with E-state index in [0.717, 1.165) is 6.42 Å². The Hall–Kier alpha value is -2.30. The number of halogens is 2. The van der Waals surface area contributed by atoms with E-state index in [0.29, 0.717) is 12.8 Å². The molecule has 31 heavy (non-hydrogen) atoms. The molecule has 2 aliphatic heterocycles. The number of ether oxygens (including phenoxy) is 2. The Labute approximate surface area is 191 Å². The van der Waals surface area contributed by atoms with Crippen molar-refractivity contribution in [1.82, 2.24) is 0 Å². The van der Waals surface area contributed by atoms with Crippen LogP contribution in [0.5, 0.6) is 0 Å². The lowest BCUT2D eigenvalue weighted by Crippen LogP contribution is -2.61. The third kappa shape index (κ3) is 2.61. The molecule has 2 heterocycles. The molecule has 6 nitrogen and oxygen atoms in total. The van der Waals surface area contributed by atoms with Crippen LogP contribution in [0.3, 0.4) is 0 Å². The number of hydrogen-bond acceptors (Lipinski definition) is 6. The summed E-state index contributed by atoms with van der Waals surface area (Å²) in [5.74, 6) is -2.08.